The van der Waals surface area contributed by atoms with Crippen LogP contribution < -0.4 is 5.73 Å². The van der Waals surface area contributed by atoms with Crippen molar-refractivity contribution in [3.63, 3.8) is 0 Å². The van der Waals surface area contributed by atoms with Gasteiger partial charge in [-0.3, -0.25) is 4.90 Å². The Balaban J connectivity index is 2.15. The number of likely N-dealkylation sites (tertiary alicyclic amines) is 1. The summed E-state index contributed by atoms with van der Waals surface area (Å²) in [6, 6.07) is 2.92. The van der Waals surface area contributed by atoms with Crippen molar-refractivity contribution < 1.29 is 8.78 Å². The van der Waals surface area contributed by atoms with Crippen LogP contribution >= 0.6 is 15.9 Å². The van der Waals surface area contributed by atoms with Gasteiger partial charge in [0.15, 0.2) is 0 Å². The van der Waals surface area contributed by atoms with Gasteiger partial charge in [0.2, 0.25) is 0 Å². The molecule has 0 bridgehead atoms. The number of nitrogens with zero attached hydrogens (tertiary/aromatic N) is 1. The van der Waals surface area contributed by atoms with Gasteiger partial charge in [-0.25, -0.2) is 8.78 Å². The predicted molar refractivity (Wildman–Crippen MR) is 80.3 cm³/mol. The molecule has 2 N–H and O–H groups in total. The van der Waals surface area contributed by atoms with E-state index in [0.717, 1.165) is 25.8 Å². The second kappa shape index (κ2) is 6.96. The van der Waals surface area contributed by atoms with Crippen molar-refractivity contribution in [3.8, 4) is 0 Å². The quantitative estimate of drug-likeness (QED) is 0.842. The molecular formula is C15H21BrF2N2. The number of halogens is 3. The lowest BCUT2D eigenvalue weighted by molar-refractivity contribution is 0.105. The van der Waals surface area contributed by atoms with E-state index in [4.69, 9.17) is 5.73 Å². The normalized spacial score (nSPS) is 24.1. The Bertz CT molecular complexity index is 467. The van der Waals surface area contributed by atoms with Crippen LogP contribution in [0.15, 0.2) is 16.6 Å². The third-order valence-electron chi connectivity index (χ3n) is 4.30. The zero-order valence-electron chi connectivity index (χ0n) is 11.7. The molecule has 1 fully saturated rings. The van der Waals surface area contributed by atoms with Gasteiger partial charge < -0.3 is 5.73 Å². The number of rotatable bonds is 4. The highest BCUT2D eigenvalue weighted by Gasteiger charge is 2.28. The molecule has 112 valence electrons. The molecule has 1 aliphatic heterocycles. The molecule has 2 rings (SSSR count). The molecule has 20 heavy (non-hydrogen) atoms. The Kier molecular flexibility index (Phi) is 5.52. The maximum Gasteiger partial charge on any atom is 0.144 e. The van der Waals surface area contributed by atoms with E-state index in [-0.39, 0.29) is 18.2 Å². The second-order valence-electron chi connectivity index (χ2n) is 5.48. The lowest BCUT2D eigenvalue weighted by atomic mass is 9.88. The third-order valence-corrected chi connectivity index (χ3v) is 4.91. The Morgan fingerprint density at radius 3 is 2.80 bits per heavy atom. The van der Waals surface area contributed by atoms with Gasteiger partial charge in [0.1, 0.15) is 11.6 Å². The summed E-state index contributed by atoms with van der Waals surface area (Å²) in [5, 5.41) is 0. The van der Waals surface area contributed by atoms with Crippen LogP contribution in [-0.2, 0) is 6.54 Å². The molecule has 2 nitrogen and oxygen atoms in total. The highest BCUT2D eigenvalue weighted by Crippen LogP contribution is 2.29. The maximum absolute atomic E-state index is 14.0. The number of hydrogen-bond donors (Lipinski definition) is 1. The van der Waals surface area contributed by atoms with Gasteiger partial charge in [0, 0.05) is 24.7 Å². The van der Waals surface area contributed by atoms with Crippen LogP contribution in [0.25, 0.3) is 0 Å². The van der Waals surface area contributed by atoms with E-state index in [0.29, 0.717) is 16.9 Å². The van der Waals surface area contributed by atoms with Crippen molar-refractivity contribution in [2.45, 2.75) is 38.8 Å². The lowest BCUT2D eigenvalue weighted by Gasteiger charge is -2.39. The molecule has 1 saturated heterocycles. The summed E-state index contributed by atoms with van der Waals surface area (Å²) in [7, 11) is 0. The van der Waals surface area contributed by atoms with Crippen molar-refractivity contribution in [2.75, 3.05) is 13.1 Å². The monoisotopic (exact) mass is 346 g/mol. The van der Waals surface area contributed by atoms with Crippen LogP contribution in [0, 0.1) is 17.6 Å². The molecular weight excluding hydrogens is 326 g/mol. The van der Waals surface area contributed by atoms with Gasteiger partial charge >= 0.3 is 0 Å². The van der Waals surface area contributed by atoms with Gasteiger partial charge in [-0.15, -0.1) is 0 Å². The van der Waals surface area contributed by atoms with E-state index in [1.165, 1.54) is 12.1 Å². The molecule has 0 aliphatic carbocycles. The highest BCUT2D eigenvalue weighted by atomic mass is 79.9. The molecule has 1 aromatic rings. The van der Waals surface area contributed by atoms with Gasteiger partial charge in [-0.05, 0) is 53.4 Å². The smallest absolute Gasteiger partial charge is 0.144 e. The number of nitrogens with two attached hydrogens (primary N) is 1. The van der Waals surface area contributed by atoms with Crippen molar-refractivity contribution in [1.82, 2.24) is 4.90 Å². The van der Waals surface area contributed by atoms with Crippen LogP contribution in [0.3, 0.4) is 0 Å². The molecule has 1 aliphatic rings. The number of piperidine rings is 1. The molecule has 2 atom stereocenters. The molecule has 0 amide bonds. The largest absolute Gasteiger partial charge is 0.329 e. The summed E-state index contributed by atoms with van der Waals surface area (Å²) in [5.74, 6) is -0.311. The minimum atomic E-state index is -0.501. The maximum atomic E-state index is 14.0. The topological polar surface area (TPSA) is 29.3 Å². The Morgan fingerprint density at radius 1 is 1.40 bits per heavy atom. The van der Waals surface area contributed by atoms with E-state index < -0.39 is 11.6 Å². The molecule has 1 aromatic carbocycles. The number of benzene rings is 1. The SMILES string of the molecule is CCC1CCN(Cc2c(F)ccc(Br)c2F)C(CN)C1. The zero-order chi connectivity index (χ0) is 14.7. The van der Waals surface area contributed by atoms with Gasteiger partial charge in [-0.1, -0.05) is 13.3 Å². The average Bonchev–Trinajstić information content (AvgIpc) is 2.47. The Hall–Kier alpha value is -0.520. The summed E-state index contributed by atoms with van der Waals surface area (Å²) in [6.07, 6.45) is 3.23. The van der Waals surface area contributed by atoms with E-state index in [2.05, 4.69) is 27.8 Å². The summed E-state index contributed by atoms with van der Waals surface area (Å²) < 4.78 is 28.2. The molecule has 0 saturated carbocycles. The minimum Gasteiger partial charge on any atom is -0.329 e. The molecule has 0 spiro atoms. The first kappa shape index (κ1) is 15.9. The first-order valence-corrected chi connectivity index (χ1v) is 7.92. The van der Waals surface area contributed by atoms with Crippen LogP contribution in [0.2, 0.25) is 0 Å². The molecule has 5 heteroatoms. The summed E-state index contributed by atoms with van der Waals surface area (Å²) in [6.45, 7) is 3.86. The van der Waals surface area contributed by atoms with Gasteiger partial charge in [0.25, 0.3) is 0 Å². The van der Waals surface area contributed by atoms with E-state index in [1.807, 2.05) is 0 Å². The van der Waals surface area contributed by atoms with Gasteiger partial charge in [-0.2, -0.15) is 0 Å². The first-order chi connectivity index (χ1) is 9.56. The predicted octanol–water partition coefficient (Wildman–Crippen LogP) is 3.68. The zero-order valence-corrected chi connectivity index (χ0v) is 13.3. The van der Waals surface area contributed by atoms with Crippen LogP contribution in [0.4, 0.5) is 8.78 Å². The van der Waals surface area contributed by atoms with E-state index >= 15 is 0 Å². The Morgan fingerprint density at radius 2 is 2.15 bits per heavy atom. The summed E-state index contributed by atoms with van der Waals surface area (Å²) in [4.78, 5) is 2.11. The second-order valence-corrected chi connectivity index (χ2v) is 6.33. The fourth-order valence-electron chi connectivity index (χ4n) is 2.92. The van der Waals surface area contributed by atoms with Crippen LogP contribution in [0.1, 0.15) is 31.7 Å². The van der Waals surface area contributed by atoms with Gasteiger partial charge in [0.05, 0.1) is 4.47 Å². The summed E-state index contributed by atoms with van der Waals surface area (Å²) in [5.41, 5.74) is 5.96. The summed E-state index contributed by atoms with van der Waals surface area (Å²) >= 11 is 3.11. The lowest BCUT2D eigenvalue weighted by Crippen LogP contribution is -2.46. The molecule has 0 aromatic heterocycles. The van der Waals surface area contributed by atoms with Crippen molar-refractivity contribution in [1.29, 1.82) is 0 Å². The molecule has 1 heterocycles. The number of hydrogen-bond acceptors (Lipinski definition) is 2. The average molecular weight is 347 g/mol. The molecule has 2 unspecified atom stereocenters. The fourth-order valence-corrected chi connectivity index (χ4v) is 3.30. The highest BCUT2D eigenvalue weighted by molar-refractivity contribution is 9.10. The van der Waals surface area contributed by atoms with Crippen molar-refractivity contribution in [2.24, 2.45) is 11.7 Å². The molecule has 0 radical (unpaired) electrons. The van der Waals surface area contributed by atoms with E-state index in [1.54, 1.807) is 0 Å². The Labute approximate surface area is 127 Å². The minimum absolute atomic E-state index is 0.132. The first-order valence-electron chi connectivity index (χ1n) is 7.13. The van der Waals surface area contributed by atoms with Crippen molar-refractivity contribution >= 4 is 15.9 Å². The van der Waals surface area contributed by atoms with Crippen LogP contribution in [0.5, 0.6) is 0 Å². The third kappa shape index (κ3) is 3.38. The van der Waals surface area contributed by atoms with E-state index in [9.17, 15) is 8.78 Å². The standard InChI is InChI=1S/C15H21BrF2N2/c1-2-10-5-6-20(11(7-10)8-19)9-12-14(17)4-3-13(16)15(12)18/h3-4,10-11H,2,5-9,19H2,1H3. The van der Waals surface area contributed by atoms with Crippen molar-refractivity contribution in [3.05, 3.63) is 33.8 Å². The van der Waals surface area contributed by atoms with Crippen LogP contribution in [-0.4, -0.2) is 24.0 Å². The fraction of sp³-hybridized carbons (Fsp3) is 0.600.